The summed E-state index contributed by atoms with van der Waals surface area (Å²) in [5.74, 6) is -0.413. The second-order valence-corrected chi connectivity index (χ2v) is 6.10. The molecule has 0 aliphatic heterocycles. The molecule has 0 aliphatic carbocycles. The third kappa shape index (κ3) is 3.76. The van der Waals surface area contributed by atoms with Gasteiger partial charge >= 0.3 is 5.97 Å². The van der Waals surface area contributed by atoms with Gasteiger partial charge in [0.15, 0.2) is 5.69 Å². The van der Waals surface area contributed by atoms with Crippen molar-refractivity contribution >= 4 is 28.6 Å². The Morgan fingerprint density at radius 1 is 0.913 bits per heavy atom. The minimum Gasteiger partial charge on any atom is -0.456 e. The fraction of sp³-hybridized carbons (Fsp3) is 0.0526. The molecule has 0 unspecified atom stereocenters. The summed E-state index contributed by atoms with van der Waals surface area (Å²) in [4.78, 5) is 16.7. The molecular formula is C19H14INO2. The maximum Gasteiger partial charge on any atom is 0.357 e. The molecule has 0 radical (unpaired) electrons. The van der Waals surface area contributed by atoms with E-state index >= 15 is 0 Å². The number of hydrogen-bond donors (Lipinski definition) is 0. The van der Waals surface area contributed by atoms with E-state index in [4.69, 9.17) is 4.74 Å². The van der Waals surface area contributed by atoms with Crippen molar-refractivity contribution in [2.45, 2.75) is 6.61 Å². The monoisotopic (exact) mass is 415 g/mol. The first-order valence-electron chi connectivity index (χ1n) is 7.16. The van der Waals surface area contributed by atoms with E-state index in [9.17, 15) is 4.79 Å². The maximum absolute atomic E-state index is 12.4. The summed E-state index contributed by atoms with van der Waals surface area (Å²) in [6, 6.07) is 21.2. The minimum atomic E-state index is -0.413. The molecule has 3 aromatic rings. The van der Waals surface area contributed by atoms with Gasteiger partial charge in [0.05, 0.1) is 0 Å². The Labute approximate surface area is 148 Å². The van der Waals surface area contributed by atoms with Crippen LogP contribution in [0.5, 0.6) is 0 Å². The van der Waals surface area contributed by atoms with Gasteiger partial charge in [0.1, 0.15) is 6.61 Å². The SMILES string of the molecule is O=C(OCc1ccccc1)c1ncccc1-c1ccccc1I. The number of ether oxygens (including phenoxy) is 1. The van der Waals surface area contributed by atoms with Crippen LogP contribution in [0.4, 0.5) is 0 Å². The van der Waals surface area contributed by atoms with Gasteiger partial charge in [0.25, 0.3) is 0 Å². The smallest absolute Gasteiger partial charge is 0.357 e. The van der Waals surface area contributed by atoms with Crippen LogP contribution in [0.2, 0.25) is 0 Å². The molecule has 2 aromatic carbocycles. The topological polar surface area (TPSA) is 39.2 Å². The van der Waals surface area contributed by atoms with Gasteiger partial charge in [-0.05, 0) is 45.9 Å². The normalized spacial score (nSPS) is 10.3. The average molecular weight is 415 g/mol. The number of benzene rings is 2. The molecule has 23 heavy (non-hydrogen) atoms. The van der Waals surface area contributed by atoms with E-state index in [0.29, 0.717) is 5.69 Å². The third-order valence-corrected chi connectivity index (χ3v) is 4.32. The van der Waals surface area contributed by atoms with Crippen LogP contribution in [0.1, 0.15) is 16.1 Å². The molecule has 4 heteroatoms. The van der Waals surface area contributed by atoms with Gasteiger partial charge < -0.3 is 4.74 Å². The van der Waals surface area contributed by atoms with Crippen LogP contribution in [0.15, 0.2) is 72.9 Å². The second-order valence-electron chi connectivity index (χ2n) is 4.94. The Kier molecular flexibility index (Phi) is 5.02. The summed E-state index contributed by atoms with van der Waals surface area (Å²) >= 11 is 2.25. The van der Waals surface area contributed by atoms with Gasteiger partial charge in [0.2, 0.25) is 0 Å². The number of hydrogen-bond acceptors (Lipinski definition) is 3. The average Bonchev–Trinajstić information content (AvgIpc) is 2.61. The van der Waals surface area contributed by atoms with Crippen molar-refractivity contribution in [3.05, 3.63) is 87.8 Å². The first-order valence-corrected chi connectivity index (χ1v) is 8.24. The highest BCUT2D eigenvalue weighted by Gasteiger charge is 2.17. The van der Waals surface area contributed by atoms with E-state index < -0.39 is 5.97 Å². The molecular weight excluding hydrogens is 401 g/mol. The predicted molar refractivity (Wildman–Crippen MR) is 98.0 cm³/mol. The first-order chi connectivity index (χ1) is 11.3. The van der Waals surface area contributed by atoms with Crippen molar-refractivity contribution in [1.82, 2.24) is 4.98 Å². The highest BCUT2D eigenvalue weighted by atomic mass is 127. The summed E-state index contributed by atoms with van der Waals surface area (Å²) in [5.41, 5.74) is 3.06. The number of rotatable bonds is 4. The Bertz CT molecular complexity index is 818. The van der Waals surface area contributed by atoms with Crippen LogP contribution < -0.4 is 0 Å². The minimum absolute atomic E-state index is 0.238. The van der Waals surface area contributed by atoms with E-state index in [1.165, 1.54) is 0 Å². The molecule has 0 saturated carbocycles. The Morgan fingerprint density at radius 2 is 1.61 bits per heavy atom. The van der Waals surface area contributed by atoms with Crippen molar-refractivity contribution in [3.63, 3.8) is 0 Å². The van der Waals surface area contributed by atoms with Crippen LogP contribution in [-0.2, 0) is 11.3 Å². The molecule has 0 saturated heterocycles. The van der Waals surface area contributed by atoms with E-state index in [0.717, 1.165) is 20.3 Å². The number of carbonyl (C=O) groups is 1. The van der Waals surface area contributed by atoms with Crippen molar-refractivity contribution in [1.29, 1.82) is 0 Å². The summed E-state index contributed by atoms with van der Waals surface area (Å²) in [6.07, 6.45) is 1.61. The number of aromatic nitrogens is 1. The Balaban J connectivity index is 1.86. The van der Waals surface area contributed by atoms with Gasteiger partial charge in [-0.1, -0.05) is 54.6 Å². The first kappa shape index (κ1) is 15.7. The number of pyridine rings is 1. The zero-order valence-corrected chi connectivity index (χ0v) is 14.4. The van der Waals surface area contributed by atoms with Gasteiger partial charge in [-0.2, -0.15) is 0 Å². The summed E-state index contributed by atoms with van der Waals surface area (Å²) in [5, 5.41) is 0. The molecule has 0 spiro atoms. The van der Waals surface area contributed by atoms with Crippen LogP contribution in [0.25, 0.3) is 11.1 Å². The molecule has 0 bridgehead atoms. The molecule has 0 aliphatic rings. The molecule has 3 rings (SSSR count). The van der Waals surface area contributed by atoms with Crippen LogP contribution >= 0.6 is 22.6 Å². The zero-order valence-electron chi connectivity index (χ0n) is 12.3. The molecule has 1 aromatic heterocycles. The molecule has 114 valence electrons. The van der Waals surface area contributed by atoms with Gasteiger partial charge in [-0.3, -0.25) is 0 Å². The van der Waals surface area contributed by atoms with Crippen LogP contribution in [-0.4, -0.2) is 11.0 Å². The van der Waals surface area contributed by atoms with Crippen molar-refractivity contribution < 1.29 is 9.53 Å². The Hall–Kier alpha value is -2.21. The zero-order chi connectivity index (χ0) is 16.1. The fourth-order valence-corrected chi connectivity index (χ4v) is 2.93. The summed E-state index contributed by atoms with van der Waals surface area (Å²) < 4.78 is 6.48. The molecule has 0 fully saturated rings. The highest BCUT2D eigenvalue weighted by molar-refractivity contribution is 14.1. The van der Waals surface area contributed by atoms with Gasteiger partial charge in [0, 0.05) is 15.3 Å². The largest absolute Gasteiger partial charge is 0.456 e. The van der Waals surface area contributed by atoms with Crippen LogP contribution in [0, 0.1) is 3.57 Å². The molecule has 3 nitrogen and oxygen atoms in total. The van der Waals surface area contributed by atoms with Crippen molar-refractivity contribution in [2.24, 2.45) is 0 Å². The lowest BCUT2D eigenvalue weighted by Crippen LogP contribution is -2.09. The van der Waals surface area contributed by atoms with Crippen molar-refractivity contribution in [2.75, 3.05) is 0 Å². The predicted octanol–water partition coefficient (Wildman–Crippen LogP) is 4.71. The maximum atomic E-state index is 12.4. The van der Waals surface area contributed by atoms with E-state index in [1.54, 1.807) is 6.20 Å². The van der Waals surface area contributed by atoms with E-state index in [2.05, 4.69) is 27.6 Å². The van der Waals surface area contributed by atoms with E-state index in [1.807, 2.05) is 66.7 Å². The van der Waals surface area contributed by atoms with E-state index in [-0.39, 0.29) is 6.61 Å². The standard InChI is InChI=1S/C19H14INO2/c20-17-11-5-4-9-15(17)16-10-6-12-21-18(16)19(22)23-13-14-7-2-1-3-8-14/h1-12H,13H2. The lowest BCUT2D eigenvalue weighted by atomic mass is 10.0. The molecule has 1 heterocycles. The van der Waals surface area contributed by atoms with Crippen molar-refractivity contribution in [3.8, 4) is 11.1 Å². The lowest BCUT2D eigenvalue weighted by Gasteiger charge is -2.10. The second kappa shape index (κ2) is 7.37. The molecule has 0 amide bonds. The summed E-state index contributed by atoms with van der Waals surface area (Å²) in [6.45, 7) is 0.238. The Morgan fingerprint density at radius 3 is 2.39 bits per heavy atom. The number of halogens is 1. The number of nitrogens with zero attached hydrogens (tertiary/aromatic N) is 1. The lowest BCUT2D eigenvalue weighted by molar-refractivity contribution is 0.0467. The van der Waals surface area contributed by atoms with Gasteiger partial charge in [-0.25, -0.2) is 9.78 Å². The van der Waals surface area contributed by atoms with Gasteiger partial charge in [-0.15, -0.1) is 0 Å². The highest BCUT2D eigenvalue weighted by Crippen LogP contribution is 2.27. The quantitative estimate of drug-likeness (QED) is 0.458. The summed E-state index contributed by atoms with van der Waals surface area (Å²) in [7, 11) is 0. The molecule has 0 atom stereocenters. The number of carbonyl (C=O) groups excluding carboxylic acids is 1. The number of esters is 1. The molecule has 0 N–H and O–H groups in total. The third-order valence-electron chi connectivity index (χ3n) is 3.38. The van der Waals surface area contributed by atoms with Crippen LogP contribution in [0.3, 0.4) is 0 Å². The fourth-order valence-electron chi connectivity index (χ4n) is 2.26.